The van der Waals surface area contributed by atoms with Crippen LogP contribution < -0.4 is 20.5 Å². The van der Waals surface area contributed by atoms with E-state index in [1.807, 2.05) is 36.4 Å². The van der Waals surface area contributed by atoms with E-state index in [1.165, 1.54) is 6.20 Å². The molecule has 3 aromatic rings. The maximum absolute atomic E-state index is 11.8. The molecule has 1 aliphatic heterocycles. The largest absolute Gasteiger partial charge is 0.454 e. The predicted octanol–water partition coefficient (Wildman–Crippen LogP) is 1.94. The second-order valence-electron chi connectivity index (χ2n) is 6.28. The third-order valence-corrected chi connectivity index (χ3v) is 4.33. The number of ether oxygens (including phenoxy) is 2. The van der Waals surface area contributed by atoms with E-state index in [2.05, 4.69) is 20.3 Å². The minimum Gasteiger partial charge on any atom is -0.454 e. The normalized spacial score (nSPS) is 12.0. The van der Waals surface area contributed by atoms with Gasteiger partial charge in [0.15, 0.2) is 11.5 Å². The maximum atomic E-state index is 11.8. The van der Waals surface area contributed by atoms with Crippen LogP contribution >= 0.6 is 0 Å². The van der Waals surface area contributed by atoms with E-state index in [9.17, 15) is 4.79 Å². The Balaban J connectivity index is 1.50. The van der Waals surface area contributed by atoms with Crippen molar-refractivity contribution in [1.82, 2.24) is 15.0 Å². The van der Waals surface area contributed by atoms with Crippen molar-refractivity contribution in [3.05, 3.63) is 71.3 Å². The van der Waals surface area contributed by atoms with Gasteiger partial charge in [-0.3, -0.25) is 9.78 Å². The molecule has 1 aromatic carbocycles. The third kappa shape index (κ3) is 4.01. The topological polar surface area (TPSA) is 112 Å². The number of nitrogens with two attached hydrogens (primary N) is 1. The van der Waals surface area contributed by atoms with Crippen molar-refractivity contribution in [2.24, 2.45) is 5.73 Å². The number of carbonyl (C=O) groups is 1. The number of nitrogens with one attached hydrogen (secondary N) is 1. The monoisotopic (exact) mass is 377 g/mol. The van der Waals surface area contributed by atoms with Crippen LogP contribution in [0.4, 0.5) is 5.95 Å². The summed E-state index contributed by atoms with van der Waals surface area (Å²) < 4.78 is 10.7. The summed E-state index contributed by atoms with van der Waals surface area (Å²) in [7, 11) is 0. The van der Waals surface area contributed by atoms with Crippen LogP contribution in [0.2, 0.25) is 0 Å². The van der Waals surface area contributed by atoms with Gasteiger partial charge in [-0.25, -0.2) is 9.97 Å². The molecule has 1 aliphatic rings. The number of hydrogen-bond donors (Lipinski definition) is 2. The second-order valence-corrected chi connectivity index (χ2v) is 6.28. The molecule has 1 amide bonds. The van der Waals surface area contributed by atoms with E-state index in [1.54, 1.807) is 6.20 Å². The number of benzene rings is 1. The first-order valence-electron chi connectivity index (χ1n) is 8.87. The predicted molar refractivity (Wildman–Crippen MR) is 102 cm³/mol. The number of carbonyl (C=O) groups excluding carboxylic acids is 1. The van der Waals surface area contributed by atoms with Gasteiger partial charge in [0, 0.05) is 37.5 Å². The molecule has 0 saturated heterocycles. The highest BCUT2D eigenvalue weighted by Gasteiger charge is 2.16. The van der Waals surface area contributed by atoms with Crippen LogP contribution in [0, 0.1) is 0 Å². The zero-order valence-electron chi connectivity index (χ0n) is 15.1. The lowest BCUT2D eigenvalue weighted by molar-refractivity contribution is 0.0998. The van der Waals surface area contributed by atoms with Crippen molar-refractivity contribution in [2.45, 2.75) is 12.8 Å². The molecule has 8 heteroatoms. The van der Waals surface area contributed by atoms with Gasteiger partial charge in [0.2, 0.25) is 12.7 Å². The van der Waals surface area contributed by atoms with Crippen molar-refractivity contribution in [2.75, 3.05) is 18.7 Å². The smallest absolute Gasteiger partial charge is 0.252 e. The molecule has 3 heterocycles. The molecule has 0 aliphatic carbocycles. The van der Waals surface area contributed by atoms with E-state index in [0.29, 0.717) is 41.7 Å². The van der Waals surface area contributed by atoms with E-state index in [4.69, 9.17) is 15.2 Å². The summed E-state index contributed by atoms with van der Waals surface area (Å²) in [6.07, 6.45) is 4.38. The molecule has 4 rings (SSSR count). The van der Waals surface area contributed by atoms with Crippen molar-refractivity contribution in [3.8, 4) is 11.5 Å². The molecule has 0 saturated carbocycles. The number of primary amides is 1. The van der Waals surface area contributed by atoms with Gasteiger partial charge >= 0.3 is 0 Å². The number of rotatable bonds is 7. The van der Waals surface area contributed by atoms with Gasteiger partial charge < -0.3 is 20.5 Å². The molecule has 3 N–H and O–H groups in total. The number of fused-ring (bicyclic) bond motifs is 1. The molecule has 28 heavy (non-hydrogen) atoms. The summed E-state index contributed by atoms with van der Waals surface area (Å²) >= 11 is 0. The molecule has 142 valence electrons. The molecule has 2 aromatic heterocycles. The van der Waals surface area contributed by atoms with Crippen LogP contribution in [0.25, 0.3) is 0 Å². The van der Waals surface area contributed by atoms with Gasteiger partial charge in [0.25, 0.3) is 5.91 Å². The molecule has 0 radical (unpaired) electrons. The van der Waals surface area contributed by atoms with Crippen molar-refractivity contribution < 1.29 is 14.3 Å². The van der Waals surface area contributed by atoms with E-state index in [-0.39, 0.29) is 6.79 Å². The van der Waals surface area contributed by atoms with E-state index < -0.39 is 5.91 Å². The van der Waals surface area contributed by atoms with Gasteiger partial charge in [-0.15, -0.1) is 0 Å². The summed E-state index contributed by atoms with van der Waals surface area (Å²) in [6.45, 7) is 0.833. The molecule has 8 nitrogen and oxygen atoms in total. The lowest BCUT2D eigenvalue weighted by Gasteiger charge is -2.10. The number of aromatic nitrogens is 3. The molecular formula is C20H19N5O3. The Hall–Kier alpha value is -3.68. The maximum Gasteiger partial charge on any atom is 0.252 e. The number of nitrogens with zero attached hydrogens (tertiary/aromatic N) is 3. The van der Waals surface area contributed by atoms with E-state index in [0.717, 1.165) is 17.7 Å². The fraction of sp³-hybridized carbons (Fsp3) is 0.200. The average Bonchev–Trinajstić information content (AvgIpc) is 3.17. The minimum atomic E-state index is -0.559. The van der Waals surface area contributed by atoms with Crippen LogP contribution in [0.1, 0.15) is 27.3 Å². The lowest BCUT2D eigenvalue weighted by atomic mass is 10.1. The number of amides is 1. The Kier molecular flexibility index (Phi) is 5.01. The highest BCUT2D eigenvalue weighted by atomic mass is 16.7. The highest BCUT2D eigenvalue weighted by molar-refractivity contribution is 5.93. The van der Waals surface area contributed by atoms with Gasteiger partial charge in [-0.1, -0.05) is 12.1 Å². The van der Waals surface area contributed by atoms with Gasteiger partial charge in [-0.05, 0) is 29.8 Å². The first-order chi connectivity index (χ1) is 13.7. The first kappa shape index (κ1) is 17.7. The Morgan fingerprint density at radius 3 is 2.86 bits per heavy atom. The Bertz CT molecular complexity index is 994. The number of pyridine rings is 1. The van der Waals surface area contributed by atoms with Crippen LogP contribution in [-0.2, 0) is 12.8 Å². The molecular weight excluding hydrogens is 358 g/mol. The highest BCUT2D eigenvalue weighted by Crippen LogP contribution is 2.33. The number of hydrogen-bond acceptors (Lipinski definition) is 7. The third-order valence-electron chi connectivity index (χ3n) is 4.33. The van der Waals surface area contributed by atoms with Gasteiger partial charge in [-0.2, -0.15) is 0 Å². The Morgan fingerprint density at radius 1 is 1.14 bits per heavy atom. The van der Waals surface area contributed by atoms with Crippen molar-refractivity contribution in [3.63, 3.8) is 0 Å². The first-order valence-corrected chi connectivity index (χ1v) is 8.87. The SMILES string of the molecule is NC(=O)c1cnc(NCCc2ccccn2)nc1Cc1ccc2c(c1)OCO2. The fourth-order valence-corrected chi connectivity index (χ4v) is 2.94. The quantitative estimate of drug-likeness (QED) is 0.647. The molecule has 0 atom stereocenters. The van der Waals surface area contributed by atoms with Crippen LogP contribution in [-0.4, -0.2) is 34.2 Å². The minimum absolute atomic E-state index is 0.211. The molecule has 0 unspecified atom stereocenters. The average molecular weight is 377 g/mol. The fourth-order valence-electron chi connectivity index (χ4n) is 2.94. The molecule has 0 fully saturated rings. The van der Waals surface area contributed by atoms with Crippen molar-refractivity contribution >= 4 is 11.9 Å². The van der Waals surface area contributed by atoms with Gasteiger partial charge in [0.1, 0.15) is 0 Å². The zero-order chi connectivity index (χ0) is 19.3. The summed E-state index contributed by atoms with van der Waals surface area (Å²) in [5.41, 5.74) is 8.26. The van der Waals surface area contributed by atoms with Crippen LogP contribution in [0.3, 0.4) is 0 Å². The summed E-state index contributed by atoms with van der Waals surface area (Å²) in [6, 6.07) is 11.4. The van der Waals surface area contributed by atoms with Crippen molar-refractivity contribution in [1.29, 1.82) is 0 Å². The van der Waals surface area contributed by atoms with Crippen LogP contribution in [0.15, 0.2) is 48.8 Å². The van der Waals surface area contributed by atoms with Gasteiger partial charge in [0.05, 0.1) is 11.3 Å². The number of anilines is 1. The second kappa shape index (κ2) is 7.91. The molecule has 0 spiro atoms. The Morgan fingerprint density at radius 2 is 2.04 bits per heavy atom. The Labute approximate surface area is 161 Å². The lowest BCUT2D eigenvalue weighted by Crippen LogP contribution is -2.17. The van der Waals surface area contributed by atoms with Crippen LogP contribution in [0.5, 0.6) is 11.5 Å². The van der Waals surface area contributed by atoms with E-state index >= 15 is 0 Å². The standard InChI is InChI=1S/C20H19N5O3/c21-19(26)15-11-24-20(23-8-6-14-3-1-2-7-22-14)25-16(15)9-13-4-5-17-18(10-13)28-12-27-17/h1-5,7,10-11H,6,8-9,12H2,(H2,21,26)(H,23,24,25). The summed E-state index contributed by atoms with van der Waals surface area (Å²) in [5.74, 6) is 1.27. The summed E-state index contributed by atoms with van der Waals surface area (Å²) in [4.78, 5) is 24.8. The molecule has 0 bridgehead atoms. The zero-order valence-corrected chi connectivity index (χ0v) is 15.1. The summed E-state index contributed by atoms with van der Waals surface area (Å²) in [5, 5.41) is 3.17.